The van der Waals surface area contributed by atoms with Crippen molar-refractivity contribution in [2.75, 3.05) is 27.0 Å². The highest BCUT2D eigenvalue weighted by Gasteiger charge is 2.50. The van der Waals surface area contributed by atoms with E-state index in [1.165, 1.54) is 29.2 Å². The summed E-state index contributed by atoms with van der Waals surface area (Å²) >= 11 is 0. The topological polar surface area (TPSA) is 121 Å². The molecule has 1 amide bonds. The lowest BCUT2D eigenvalue weighted by Gasteiger charge is -2.30. The third-order valence-corrected chi connectivity index (χ3v) is 8.04. The van der Waals surface area contributed by atoms with E-state index in [1.807, 2.05) is 37.3 Å². The number of aryl methyl sites for hydroxylation is 1. The van der Waals surface area contributed by atoms with Gasteiger partial charge in [-0.05, 0) is 77.8 Å². The second kappa shape index (κ2) is 10.6. The van der Waals surface area contributed by atoms with Crippen LogP contribution in [0.4, 0.5) is 0 Å². The van der Waals surface area contributed by atoms with Crippen molar-refractivity contribution in [3.63, 3.8) is 0 Å². The average molecular weight is 564 g/mol. The summed E-state index contributed by atoms with van der Waals surface area (Å²) in [6.07, 6.45) is 3.74. The predicted molar refractivity (Wildman–Crippen MR) is 153 cm³/mol. The van der Waals surface area contributed by atoms with Crippen LogP contribution in [0, 0.1) is 0 Å². The largest absolute Gasteiger partial charge is 0.497 e. The Bertz CT molecular complexity index is 1600. The van der Waals surface area contributed by atoms with Crippen LogP contribution in [0.25, 0.3) is 11.1 Å². The van der Waals surface area contributed by atoms with Crippen LogP contribution in [0.5, 0.6) is 11.5 Å². The minimum Gasteiger partial charge on any atom is -0.497 e. The molecule has 3 aromatic rings. The second-order valence-electron chi connectivity index (χ2n) is 10.1. The Morgan fingerprint density at radius 1 is 1.00 bits per heavy atom. The zero-order valence-electron chi connectivity index (χ0n) is 23.0. The summed E-state index contributed by atoms with van der Waals surface area (Å²) < 4.78 is 39.7. The molecule has 0 radical (unpaired) electrons. The minimum absolute atomic E-state index is 0.123. The summed E-state index contributed by atoms with van der Waals surface area (Å²) in [5, 5.41) is 0. The maximum atomic E-state index is 14.1. The van der Waals surface area contributed by atoms with Gasteiger partial charge in [0.2, 0.25) is 0 Å². The Morgan fingerprint density at radius 3 is 2.42 bits per heavy atom. The number of amides is 1. The molecule has 2 N–H and O–H groups in total. The minimum atomic E-state index is -3.75. The van der Waals surface area contributed by atoms with Crippen LogP contribution in [-0.2, 0) is 38.0 Å². The number of benzene rings is 3. The van der Waals surface area contributed by atoms with Crippen molar-refractivity contribution in [2.45, 2.75) is 37.8 Å². The highest BCUT2D eigenvalue weighted by atomic mass is 32.2. The number of hydrogen-bond acceptors (Lipinski definition) is 8. The molecular formula is C30H33N3O6S. The SMILES string of the molecule is CCN1C(=O)C(c2cccc(-c3cc(OC)cc(OS(C)(=O)=O)c3)c2)(c2ccc3c(c2)CCC(OC)C3)N=C1N. The lowest BCUT2D eigenvalue weighted by molar-refractivity contribution is -0.130. The van der Waals surface area contributed by atoms with Crippen molar-refractivity contribution in [2.24, 2.45) is 10.7 Å². The second-order valence-corrected chi connectivity index (χ2v) is 11.7. The summed E-state index contributed by atoms with van der Waals surface area (Å²) in [6.45, 7) is 2.25. The molecule has 1 aliphatic heterocycles. The fourth-order valence-electron chi connectivity index (χ4n) is 5.58. The van der Waals surface area contributed by atoms with E-state index >= 15 is 0 Å². The van der Waals surface area contributed by atoms with Crippen LogP contribution < -0.4 is 14.7 Å². The van der Waals surface area contributed by atoms with Crippen LogP contribution in [0.15, 0.2) is 65.7 Å². The van der Waals surface area contributed by atoms with Gasteiger partial charge < -0.3 is 19.4 Å². The van der Waals surface area contributed by atoms with Gasteiger partial charge in [0.05, 0.1) is 19.5 Å². The maximum Gasteiger partial charge on any atom is 0.306 e. The predicted octanol–water partition coefficient (Wildman–Crippen LogP) is 3.62. The molecule has 0 fully saturated rings. The molecule has 0 saturated heterocycles. The van der Waals surface area contributed by atoms with E-state index in [1.54, 1.807) is 19.2 Å². The van der Waals surface area contributed by atoms with E-state index < -0.39 is 15.7 Å². The van der Waals surface area contributed by atoms with Crippen LogP contribution in [0.2, 0.25) is 0 Å². The molecule has 0 saturated carbocycles. The Hall–Kier alpha value is -3.89. The number of likely N-dealkylation sites (N-methyl/N-ethyl adjacent to an activating group) is 1. The highest BCUT2D eigenvalue weighted by molar-refractivity contribution is 7.86. The summed E-state index contributed by atoms with van der Waals surface area (Å²) in [5.41, 5.74) is 10.1. The molecule has 0 spiro atoms. The van der Waals surface area contributed by atoms with E-state index in [0.29, 0.717) is 23.4 Å². The van der Waals surface area contributed by atoms with E-state index in [0.717, 1.165) is 36.6 Å². The third kappa shape index (κ3) is 5.04. The fourth-order valence-corrected chi connectivity index (χ4v) is 6.02. The first-order valence-electron chi connectivity index (χ1n) is 13.1. The number of methoxy groups -OCH3 is 2. The molecule has 210 valence electrons. The van der Waals surface area contributed by atoms with Crippen molar-refractivity contribution < 1.29 is 26.9 Å². The summed E-state index contributed by atoms with van der Waals surface area (Å²) in [5.74, 6) is 0.497. The van der Waals surface area contributed by atoms with Gasteiger partial charge in [-0.2, -0.15) is 8.42 Å². The summed E-state index contributed by atoms with van der Waals surface area (Å²) in [6, 6.07) is 18.5. The maximum absolute atomic E-state index is 14.1. The molecule has 1 heterocycles. The normalized spacial score (nSPS) is 20.7. The number of carbonyl (C=O) groups excluding carboxylic acids is 1. The standard InChI is InChI=1S/C30H33N3O6S/c1-5-33-28(34)30(32-29(33)31,24-11-9-21-15-25(37-2)12-10-20(21)14-24)23-8-6-7-19(13-23)22-16-26(38-3)18-27(17-22)39-40(4,35)36/h6-9,11,13-14,16-18,25H,5,10,12,15H2,1-4H3,(H2,31,32). The van der Waals surface area contributed by atoms with Crippen molar-refractivity contribution >= 4 is 22.0 Å². The van der Waals surface area contributed by atoms with Gasteiger partial charge in [0.25, 0.3) is 5.91 Å². The summed E-state index contributed by atoms with van der Waals surface area (Å²) in [7, 11) is -0.520. The number of nitrogens with two attached hydrogens (primary N) is 1. The number of carbonyl (C=O) groups is 1. The molecule has 40 heavy (non-hydrogen) atoms. The molecule has 0 aromatic heterocycles. The zero-order valence-corrected chi connectivity index (χ0v) is 23.8. The number of nitrogens with zero attached hydrogens (tertiary/aromatic N) is 2. The molecule has 5 rings (SSSR count). The first kappa shape index (κ1) is 27.7. The number of aliphatic imine (C=N–C) groups is 1. The molecule has 2 atom stereocenters. The lowest BCUT2D eigenvalue weighted by Crippen LogP contribution is -2.43. The Labute approximate surface area is 234 Å². The van der Waals surface area contributed by atoms with Crippen molar-refractivity contribution in [3.8, 4) is 22.6 Å². The van der Waals surface area contributed by atoms with Gasteiger partial charge in [-0.1, -0.05) is 36.4 Å². The van der Waals surface area contributed by atoms with Crippen LogP contribution in [0.1, 0.15) is 35.6 Å². The third-order valence-electron chi connectivity index (χ3n) is 7.55. The van der Waals surface area contributed by atoms with Gasteiger partial charge in [0.1, 0.15) is 11.5 Å². The molecule has 3 aromatic carbocycles. The van der Waals surface area contributed by atoms with E-state index in [2.05, 4.69) is 12.1 Å². The van der Waals surface area contributed by atoms with Crippen LogP contribution >= 0.6 is 0 Å². The van der Waals surface area contributed by atoms with E-state index in [4.69, 9.17) is 24.4 Å². The van der Waals surface area contributed by atoms with Gasteiger partial charge in [-0.15, -0.1) is 0 Å². The van der Waals surface area contributed by atoms with Crippen LogP contribution in [-0.4, -0.2) is 58.3 Å². The molecule has 1 aliphatic carbocycles. The fraction of sp³-hybridized carbons (Fsp3) is 0.333. The number of guanidine groups is 1. The van der Waals surface area contributed by atoms with Crippen LogP contribution in [0.3, 0.4) is 0 Å². The van der Waals surface area contributed by atoms with Crippen molar-refractivity contribution in [3.05, 3.63) is 82.9 Å². The number of fused-ring (bicyclic) bond motifs is 1. The molecular weight excluding hydrogens is 530 g/mol. The Morgan fingerprint density at radius 2 is 1.75 bits per heavy atom. The molecule has 2 unspecified atom stereocenters. The van der Waals surface area contributed by atoms with E-state index in [9.17, 15) is 13.2 Å². The van der Waals surface area contributed by atoms with Gasteiger partial charge in [0.15, 0.2) is 11.5 Å². The molecule has 9 nitrogen and oxygen atoms in total. The number of rotatable bonds is 8. The molecule has 10 heteroatoms. The first-order chi connectivity index (χ1) is 19.1. The number of ether oxygens (including phenoxy) is 2. The molecule has 2 aliphatic rings. The Balaban J connectivity index is 1.65. The quantitative estimate of drug-likeness (QED) is 0.416. The average Bonchev–Trinajstić information content (AvgIpc) is 3.21. The van der Waals surface area contributed by atoms with E-state index in [-0.39, 0.29) is 23.7 Å². The highest BCUT2D eigenvalue weighted by Crippen LogP contribution is 2.42. The van der Waals surface area contributed by atoms with Crippen molar-refractivity contribution in [1.82, 2.24) is 4.90 Å². The Kier molecular flexibility index (Phi) is 7.32. The monoisotopic (exact) mass is 563 g/mol. The number of hydrogen-bond donors (Lipinski definition) is 1. The lowest BCUT2D eigenvalue weighted by atomic mass is 9.78. The van der Waals surface area contributed by atoms with Gasteiger partial charge in [-0.25, -0.2) is 4.99 Å². The first-order valence-corrected chi connectivity index (χ1v) is 14.9. The van der Waals surface area contributed by atoms with Gasteiger partial charge in [0, 0.05) is 19.7 Å². The van der Waals surface area contributed by atoms with Gasteiger partial charge >= 0.3 is 10.1 Å². The van der Waals surface area contributed by atoms with Gasteiger partial charge in [-0.3, -0.25) is 9.69 Å². The van der Waals surface area contributed by atoms with Crippen molar-refractivity contribution in [1.29, 1.82) is 0 Å². The zero-order chi connectivity index (χ0) is 28.7. The smallest absolute Gasteiger partial charge is 0.306 e. The molecule has 0 bridgehead atoms. The summed E-state index contributed by atoms with van der Waals surface area (Å²) in [4.78, 5) is 20.4.